The summed E-state index contributed by atoms with van der Waals surface area (Å²) < 4.78 is 7.04. The lowest BCUT2D eigenvalue weighted by molar-refractivity contribution is 0.489. The average Bonchev–Trinajstić information content (AvgIpc) is 3.41. The van der Waals surface area contributed by atoms with Gasteiger partial charge in [0.1, 0.15) is 11.5 Å². The summed E-state index contributed by atoms with van der Waals surface area (Å²) in [6.07, 6.45) is 0. The van der Waals surface area contributed by atoms with E-state index in [4.69, 9.17) is 19.7 Å². The Morgan fingerprint density at radius 3 is 1.22 bits per heavy atom. The Labute approximate surface area is 320 Å². The van der Waals surface area contributed by atoms with E-state index in [1.165, 1.54) is 22.3 Å². The van der Waals surface area contributed by atoms with Crippen molar-refractivity contribution in [1.29, 1.82) is 0 Å². The molecule has 55 heavy (non-hydrogen) atoms. The van der Waals surface area contributed by atoms with Gasteiger partial charge in [0, 0.05) is 22.3 Å². The Balaban J connectivity index is 1.14. The van der Waals surface area contributed by atoms with E-state index in [1.54, 1.807) is 0 Å². The molecule has 2 heterocycles. The van der Waals surface area contributed by atoms with Gasteiger partial charge in [-0.2, -0.15) is 0 Å². The van der Waals surface area contributed by atoms with E-state index in [0.29, 0.717) is 23.2 Å². The Morgan fingerprint density at radius 2 is 0.673 bits per heavy atom. The van der Waals surface area contributed by atoms with Crippen molar-refractivity contribution in [2.45, 2.75) is 0 Å². The molecule has 1 aliphatic heterocycles. The SMILES string of the molecule is c1ccc(-c2cc(-c3ccccc3)cc(-c3ccc4c(c3)-c3ccccc3-c3cccc(-c5nc(-c6ccccc6)nc(-c6ccccc6)n5)c3O4)c2)cc1. The molecule has 0 unspecified atom stereocenters. The first-order valence-corrected chi connectivity index (χ1v) is 18.4. The molecule has 0 fully saturated rings. The van der Waals surface area contributed by atoms with E-state index in [-0.39, 0.29) is 0 Å². The number of hydrogen-bond acceptors (Lipinski definition) is 4. The lowest BCUT2D eigenvalue weighted by atomic mass is 9.90. The van der Waals surface area contributed by atoms with Crippen LogP contribution in [0.4, 0.5) is 0 Å². The maximum absolute atomic E-state index is 7.04. The summed E-state index contributed by atoms with van der Waals surface area (Å²) >= 11 is 0. The van der Waals surface area contributed by atoms with Crippen LogP contribution in [-0.2, 0) is 0 Å². The summed E-state index contributed by atoms with van der Waals surface area (Å²) in [5.41, 5.74) is 13.7. The number of hydrogen-bond donors (Lipinski definition) is 0. The zero-order valence-electron chi connectivity index (χ0n) is 29.8. The zero-order chi connectivity index (χ0) is 36.6. The third kappa shape index (κ3) is 6.16. The van der Waals surface area contributed by atoms with Crippen LogP contribution in [0, 0.1) is 0 Å². The van der Waals surface area contributed by atoms with Crippen LogP contribution >= 0.6 is 0 Å². The molecule has 1 aliphatic rings. The Bertz CT molecular complexity index is 2690. The summed E-state index contributed by atoms with van der Waals surface area (Å²) in [6.45, 7) is 0. The van der Waals surface area contributed by atoms with Crippen LogP contribution in [0.3, 0.4) is 0 Å². The predicted molar refractivity (Wildman–Crippen MR) is 223 cm³/mol. The van der Waals surface area contributed by atoms with Gasteiger partial charge < -0.3 is 4.74 Å². The van der Waals surface area contributed by atoms with E-state index in [0.717, 1.165) is 55.8 Å². The topological polar surface area (TPSA) is 47.9 Å². The molecule has 0 spiro atoms. The van der Waals surface area contributed by atoms with Crippen molar-refractivity contribution in [2.24, 2.45) is 0 Å². The average molecular weight is 704 g/mol. The Morgan fingerprint density at radius 1 is 0.255 bits per heavy atom. The Hall–Kier alpha value is -7.43. The molecule has 8 aromatic carbocycles. The smallest absolute Gasteiger partial charge is 0.167 e. The van der Waals surface area contributed by atoms with Gasteiger partial charge in [-0.3, -0.25) is 0 Å². The summed E-state index contributed by atoms with van der Waals surface area (Å²) in [7, 11) is 0. The fourth-order valence-corrected chi connectivity index (χ4v) is 7.42. The fourth-order valence-electron chi connectivity index (χ4n) is 7.42. The van der Waals surface area contributed by atoms with Crippen molar-refractivity contribution in [3.05, 3.63) is 200 Å². The standard InChI is InChI=1S/C51H33N3O/c1-5-16-34(17-6-1)39-30-40(35-18-7-2-8-19-35)32-41(31-39)38-28-29-47-46(33-38)43-25-14-13-24-42(43)44-26-15-27-45(48(44)55-47)51-53-49(36-20-9-3-10-21-36)52-50(54-51)37-22-11-4-12-23-37/h1-33H. The van der Waals surface area contributed by atoms with Crippen LogP contribution in [0.1, 0.15) is 0 Å². The molecular weight excluding hydrogens is 671 g/mol. The molecule has 0 radical (unpaired) electrons. The van der Waals surface area contributed by atoms with E-state index in [9.17, 15) is 0 Å². The second-order valence-electron chi connectivity index (χ2n) is 13.6. The number of aromatic nitrogens is 3. The van der Waals surface area contributed by atoms with E-state index >= 15 is 0 Å². The van der Waals surface area contributed by atoms with Crippen molar-refractivity contribution >= 4 is 0 Å². The minimum absolute atomic E-state index is 0.549. The number of benzene rings is 8. The van der Waals surface area contributed by atoms with Crippen molar-refractivity contribution < 1.29 is 4.74 Å². The summed E-state index contributed by atoms with van der Waals surface area (Å²) in [5, 5.41) is 0. The zero-order valence-corrected chi connectivity index (χ0v) is 29.8. The number of ether oxygens (including phenoxy) is 1. The van der Waals surface area contributed by atoms with Crippen molar-refractivity contribution in [3.8, 4) is 101 Å². The molecule has 0 aliphatic carbocycles. The van der Waals surface area contributed by atoms with Crippen LogP contribution in [0.25, 0.3) is 89.8 Å². The molecule has 1 aromatic heterocycles. The maximum atomic E-state index is 7.04. The largest absolute Gasteiger partial charge is 0.455 e. The van der Waals surface area contributed by atoms with Gasteiger partial charge in [-0.1, -0.05) is 164 Å². The molecule has 10 rings (SSSR count). The second kappa shape index (κ2) is 13.8. The monoisotopic (exact) mass is 703 g/mol. The van der Waals surface area contributed by atoms with Gasteiger partial charge in [0.25, 0.3) is 0 Å². The highest BCUT2D eigenvalue weighted by Crippen LogP contribution is 2.50. The number of para-hydroxylation sites is 1. The van der Waals surface area contributed by atoms with Gasteiger partial charge in [0.05, 0.1) is 5.56 Å². The second-order valence-corrected chi connectivity index (χ2v) is 13.6. The lowest BCUT2D eigenvalue weighted by Gasteiger charge is -2.16. The molecule has 0 saturated heterocycles. The lowest BCUT2D eigenvalue weighted by Crippen LogP contribution is -2.01. The highest BCUT2D eigenvalue weighted by molar-refractivity contribution is 5.95. The summed E-state index contributed by atoms with van der Waals surface area (Å²) in [6, 6.07) is 69.4. The fraction of sp³-hybridized carbons (Fsp3) is 0. The number of fused-ring (bicyclic) bond motifs is 5. The number of rotatable bonds is 6. The highest BCUT2D eigenvalue weighted by atomic mass is 16.5. The quantitative estimate of drug-likeness (QED) is 0.173. The molecular formula is C51H33N3O. The van der Waals surface area contributed by atoms with Gasteiger partial charge in [-0.05, 0) is 80.9 Å². The molecule has 9 aromatic rings. The molecule has 258 valence electrons. The minimum Gasteiger partial charge on any atom is -0.455 e. The van der Waals surface area contributed by atoms with Gasteiger partial charge >= 0.3 is 0 Å². The van der Waals surface area contributed by atoms with Crippen LogP contribution in [-0.4, -0.2) is 15.0 Å². The van der Waals surface area contributed by atoms with Crippen LogP contribution in [0.15, 0.2) is 200 Å². The first kappa shape index (κ1) is 32.2. The molecule has 0 bridgehead atoms. The Kier molecular flexibility index (Phi) is 8.12. The van der Waals surface area contributed by atoms with Crippen LogP contribution in [0.2, 0.25) is 0 Å². The molecule has 0 amide bonds. The highest BCUT2D eigenvalue weighted by Gasteiger charge is 2.25. The van der Waals surface area contributed by atoms with Crippen LogP contribution in [0.5, 0.6) is 11.5 Å². The van der Waals surface area contributed by atoms with Gasteiger partial charge in [-0.25, -0.2) is 15.0 Å². The normalized spacial score (nSPS) is 11.4. The van der Waals surface area contributed by atoms with Crippen molar-refractivity contribution in [2.75, 3.05) is 0 Å². The van der Waals surface area contributed by atoms with E-state index in [1.807, 2.05) is 66.7 Å². The molecule has 0 atom stereocenters. The van der Waals surface area contributed by atoms with Gasteiger partial charge in [0.2, 0.25) is 0 Å². The summed E-state index contributed by atoms with van der Waals surface area (Å²) in [4.78, 5) is 15.1. The molecule has 4 heteroatoms. The molecule has 0 saturated carbocycles. The maximum Gasteiger partial charge on any atom is 0.167 e. The van der Waals surface area contributed by atoms with E-state index < -0.39 is 0 Å². The third-order valence-corrected chi connectivity index (χ3v) is 10.1. The van der Waals surface area contributed by atoms with Crippen molar-refractivity contribution in [3.63, 3.8) is 0 Å². The van der Waals surface area contributed by atoms with Crippen molar-refractivity contribution in [1.82, 2.24) is 15.0 Å². The van der Waals surface area contributed by atoms with Crippen LogP contribution < -0.4 is 4.74 Å². The minimum atomic E-state index is 0.549. The first-order valence-electron chi connectivity index (χ1n) is 18.4. The third-order valence-electron chi connectivity index (χ3n) is 10.1. The predicted octanol–water partition coefficient (Wildman–Crippen LogP) is 13.3. The molecule has 0 N–H and O–H groups in total. The number of nitrogens with zero attached hydrogens (tertiary/aromatic N) is 3. The first-order chi connectivity index (χ1) is 27.2. The summed E-state index contributed by atoms with van der Waals surface area (Å²) in [5.74, 6) is 3.24. The van der Waals surface area contributed by atoms with Gasteiger partial charge in [-0.15, -0.1) is 0 Å². The van der Waals surface area contributed by atoms with Gasteiger partial charge in [0.15, 0.2) is 17.5 Å². The van der Waals surface area contributed by atoms with E-state index in [2.05, 4.69) is 133 Å². The molecule has 4 nitrogen and oxygen atoms in total.